The Morgan fingerprint density at radius 3 is 2.42 bits per heavy atom. The van der Waals surface area contributed by atoms with Gasteiger partial charge in [-0.2, -0.15) is 0 Å². The van der Waals surface area contributed by atoms with Crippen molar-refractivity contribution in [2.24, 2.45) is 5.92 Å². The molecule has 3 heterocycles. The summed E-state index contributed by atoms with van der Waals surface area (Å²) in [5.41, 5.74) is 2.89. The van der Waals surface area contributed by atoms with Crippen molar-refractivity contribution in [2.75, 3.05) is 47.9 Å². The highest BCUT2D eigenvalue weighted by Gasteiger charge is 2.23. The molecule has 6 nitrogen and oxygen atoms in total. The van der Waals surface area contributed by atoms with E-state index in [1.54, 1.807) is 6.33 Å². The molecule has 4 rings (SSSR count). The molecular formula is C25H37N5O. The van der Waals surface area contributed by atoms with Crippen LogP contribution in [0.4, 0.5) is 17.3 Å². The van der Waals surface area contributed by atoms with Crippen molar-refractivity contribution in [3.63, 3.8) is 0 Å². The Labute approximate surface area is 186 Å². The molecule has 2 saturated heterocycles. The van der Waals surface area contributed by atoms with Crippen LogP contribution in [0, 0.1) is 5.92 Å². The summed E-state index contributed by atoms with van der Waals surface area (Å²) >= 11 is 0. The van der Waals surface area contributed by atoms with Gasteiger partial charge in [-0.05, 0) is 54.7 Å². The molecule has 1 aromatic heterocycles. The average Bonchev–Trinajstić information content (AvgIpc) is 2.79. The second kappa shape index (κ2) is 9.43. The van der Waals surface area contributed by atoms with Gasteiger partial charge in [0.25, 0.3) is 0 Å². The lowest BCUT2D eigenvalue weighted by Gasteiger charge is -2.35. The first-order valence-electron chi connectivity index (χ1n) is 11.7. The Balaban J connectivity index is 1.32. The molecule has 0 spiro atoms. The summed E-state index contributed by atoms with van der Waals surface area (Å²) in [7, 11) is 0. The second-order valence-corrected chi connectivity index (χ2v) is 10.1. The summed E-state index contributed by atoms with van der Waals surface area (Å²) in [5, 5.41) is 13.1. The fraction of sp³-hybridized carbons (Fsp3) is 0.600. The molecule has 2 N–H and O–H groups in total. The van der Waals surface area contributed by atoms with E-state index in [0.717, 1.165) is 63.5 Å². The molecule has 168 valence electrons. The first-order valence-corrected chi connectivity index (χ1v) is 11.7. The van der Waals surface area contributed by atoms with Gasteiger partial charge >= 0.3 is 0 Å². The predicted octanol–water partition coefficient (Wildman–Crippen LogP) is 4.06. The maximum absolute atomic E-state index is 9.50. The van der Waals surface area contributed by atoms with Gasteiger partial charge in [-0.25, -0.2) is 9.97 Å². The minimum Gasteiger partial charge on any atom is -0.396 e. The number of hydrogen-bond acceptors (Lipinski definition) is 6. The van der Waals surface area contributed by atoms with Crippen LogP contribution < -0.4 is 15.1 Å². The summed E-state index contributed by atoms with van der Waals surface area (Å²) in [6, 6.07) is 11.6. The van der Waals surface area contributed by atoms with Crippen LogP contribution in [0.15, 0.2) is 36.7 Å². The number of aromatic nitrogens is 2. The zero-order chi connectivity index (χ0) is 21.8. The highest BCUT2D eigenvalue weighted by Crippen LogP contribution is 2.27. The van der Waals surface area contributed by atoms with Crippen LogP contribution in [0.3, 0.4) is 0 Å². The van der Waals surface area contributed by atoms with Gasteiger partial charge in [0, 0.05) is 50.6 Å². The van der Waals surface area contributed by atoms with E-state index in [1.807, 2.05) is 0 Å². The van der Waals surface area contributed by atoms with Crippen molar-refractivity contribution >= 4 is 17.3 Å². The number of anilines is 3. The molecule has 6 heteroatoms. The Morgan fingerprint density at radius 2 is 1.74 bits per heavy atom. The van der Waals surface area contributed by atoms with Gasteiger partial charge in [-0.15, -0.1) is 0 Å². The van der Waals surface area contributed by atoms with Crippen LogP contribution in [-0.2, 0) is 5.41 Å². The number of piperidine rings is 2. The molecule has 31 heavy (non-hydrogen) atoms. The third-order valence-electron chi connectivity index (χ3n) is 6.70. The first kappa shape index (κ1) is 21.9. The molecule has 1 atom stereocenters. The Bertz CT molecular complexity index is 840. The molecule has 2 aliphatic heterocycles. The number of benzene rings is 1. The van der Waals surface area contributed by atoms with Crippen LogP contribution in [0.2, 0.25) is 0 Å². The van der Waals surface area contributed by atoms with Gasteiger partial charge in [-0.3, -0.25) is 0 Å². The van der Waals surface area contributed by atoms with E-state index < -0.39 is 0 Å². The summed E-state index contributed by atoms with van der Waals surface area (Å²) < 4.78 is 0. The second-order valence-electron chi connectivity index (χ2n) is 10.1. The van der Waals surface area contributed by atoms with E-state index in [9.17, 15) is 5.11 Å². The fourth-order valence-corrected chi connectivity index (χ4v) is 4.68. The molecule has 1 aromatic carbocycles. The average molecular weight is 424 g/mol. The minimum absolute atomic E-state index is 0.193. The Kier molecular flexibility index (Phi) is 6.65. The molecular weight excluding hydrogens is 386 g/mol. The number of nitrogens with zero attached hydrogens (tertiary/aromatic N) is 4. The molecule has 2 fully saturated rings. The first-order chi connectivity index (χ1) is 14.9. The topological polar surface area (TPSA) is 64.5 Å². The molecule has 0 aliphatic carbocycles. The number of hydrogen-bond donors (Lipinski definition) is 2. The highest BCUT2D eigenvalue weighted by molar-refractivity contribution is 5.51. The molecule has 0 saturated carbocycles. The summed E-state index contributed by atoms with van der Waals surface area (Å²) in [5.74, 6) is 2.22. The lowest BCUT2D eigenvalue weighted by molar-refractivity contribution is 0.208. The van der Waals surface area contributed by atoms with Crippen molar-refractivity contribution in [3.05, 3.63) is 42.2 Å². The van der Waals surface area contributed by atoms with E-state index in [2.05, 4.69) is 76.2 Å². The maximum Gasteiger partial charge on any atom is 0.134 e. The standard InChI is InChI=1S/C25H37N5O/c1-25(2,3)20-6-8-22(9-7-20)29-13-10-21(11-14-29)28-23-15-24(27-18-26-23)30-12-4-5-19(16-30)17-31/h6-9,15,18-19,21,31H,4-5,10-14,16-17H2,1-3H3,(H,26,27,28). The van der Waals surface area contributed by atoms with E-state index >= 15 is 0 Å². The highest BCUT2D eigenvalue weighted by atomic mass is 16.3. The Morgan fingerprint density at radius 1 is 1.00 bits per heavy atom. The summed E-state index contributed by atoms with van der Waals surface area (Å²) in [4.78, 5) is 13.7. The van der Waals surface area contributed by atoms with Crippen LogP contribution >= 0.6 is 0 Å². The van der Waals surface area contributed by atoms with E-state index in [1.165, 1.54) is 11.3 Å². The van der Waals surface area contributed by atoms with E-state index in [0.29, 0.717) is 12.0 Å². The number of rotatable bonds is 5. The van der Waals surface area contributed by atoms with Crippen LogP contribution in [0.1, 0.15) is 52.0 Å². The largest absolute Gasteiger partial charge is 0.396 e. The quantitative estimate of drug-likeness (QED) is 0.756. The molecule has 0 amide bonds. The zero-order valence-electron chi connectivity index (χ0n) is 19.2. The molecule has 0 radical (unpaired) electrons. The Hall–Kier alpha value is -2.34. The van der Waals surface area contributed by atoms with Gasteiger partial charge in [0.2, 0.25) is 0 Å². The van der Waals surface area contributed by atoms with E-state index in [4.69, 9.17) is 0 Å². The monoisotopic (exact) mass is 423 g/mol. The molecule has 1 unspecified atom stereocenters. The predicted molar refractivity (Wildman–Crippen MR) is 128 cm³/mol. The van der Waals surface area contributed by atoms with Gasteiger partial charge < -0.3 is 20.2 Å². The molecule has 2 aliphatic rings. The number of aliphatic hydroxyl groups is 1. The SMILES string of the molecule is CC(C)(C)c1ccc(N2CCC(Nc3cc(N4CCCC(CO)C4)ncn3)CC2)cc1. The van der Waals surface area contributed by atoms with Gasteiger partial charge in [0.1, 0.15) is 18.0 Å². The number of aliphatic hydroxyl groups excluding tert-OH is 1. The van der Waals surface area contributed by atoms with Crippen molar-refractivity contribution in [1.29, 1.82) is 0 Å². The van der Waals surface area contributed by atoms with Crippen LogP contribution in [0.5, 0.6) is 0 Å². The van der Waals surface area contributed by atoms with Crippen LogP contribution in [-0.4, -0.2) is 53.9 Å². The lowest BCUT2D eigenvalue weighted by Crippen LogP contribution is -2.39. The molecule has 2 aromatic rings. The summed E-state index contributed by atoms with van der Waals surface area (Å²) in [6.07, 6.45) is 6.05. The van der Waals surface area contributed by atoms with Crippen molar-refractivity contribution in [2.45, 2.75) is 57.9 Å². The maximum atomic E-state index is 9.50. The number of nitrogens with one attached hydrogen (secondary N) is 1. The smallest absolute Gasteiger partial charge is 0.134 e. The van der Waals surface area contributed by atoms with Crippen molar-refractivity contribution < 1.29 is 5.11 Å². The lowest BCUT2D eigenvalue weighted by atomic mass is 9.87. The van der Waals surface area contributed by atoms with Gasteiger partial charge in [0.15, 0.2) is 0 Å². The van der Waals surface area contributed by atoms with E-state index in [-0.39, 0.29) is 12.0 Å². The minimum atomic E-state index is 0.193. The van der Waals surface area contributed by atoms with Crippen LogP contribution in [0.25, 0.3) is 0 Å². The summed E-state index contributed by atoms with van der Waals surface area (Å²) in [6.45, 7) is 11.0. The third-order valence-corrected chi connectivity index (χ3v) is 6.70. The zero-order valence-corrected chi connectivity index (χ0v) is 19.2. The fourth-order valence-electron chi connectivity index (χ4n) is 4.68. The van der Waals surface area contributed by atoms with Crippen molar-refractivity contribution in [3.8, 4) is 0 Å². The van der Waals surface area contributed by atoms with Crippen molar-refractivity contribution in [1.82, 2.24) is 9.97 Å². The normalized spacial score (nSPS) is 20.7. The molecule has 0 bridgehead atoms. The third kappa shape index (κ3) is 5.48. The van der Waals surface area contributed by atoms with Gasteiger partial charge in [0.05, 0.1) is 0 Å². The van der Waals surface area contributed by atoms with Gasteiger partial charge in [-0.1, -0.05) is 32.9 Å².